The van der Waals surface area contributed by atoms with Crippen LogP contribution in [0.15, 0.2) is 48.7 Å². The van der Waals surface area contributed by atoms with Crippen molar-refractivity contribution in [1.29, 1.82) is 5.26 Å². The van der Waals surface area contributed by atoms with E-state index in [1.54, 1.807) is 18.2 Å². The summed E-state index contributed by atoms with van der Waals surface area (Å²) in [4.78, 5) is 22.9. The number of hydrogen-bond acceptors (Lipinski definition) is 6. The number of aromatic nitrogens is 2. The Morgan fingerprint density at radius 2 is 2.00 bits per heavy atom. The number of nitrogens with two attached hydrogens (primary N) is 2. The van der Waals surface area contributed by atoms with Crippen molar-refractivity contribution in [3.63, 3.8) is 0 Å². The Labute approximate surface area is 178 Å². The average molecular weight is 420 g/mol. The third-order valence-corrected chi connectivity index (χ3v) is 4.18. The molecule has 1 aromatic heterocycles. The summed E-state index contributed by atoms with van der Waals surface area (Å²) in [7, 11) is 0. The van der Waals surface area contributed by atoms with Gasteiger partial charge in [0.15, 0.2) is 12.3 Å². The van der Waals surface area contributed by atoms with E-state index in [1.807, 2.05) is 37.3 Å². The molecule has 5 N–H and O–H groups in total. The molecule has 0 aliphatic carbocycles. The van der Waals surface area contributed by atoms with Crippen molar-refractivity contribution in [2.45, 2.75) is 6.92 Å². The van der Waals surface area contributed by atoms with Crippen molar-refractivity contribution >= 4 is 17.6 Å². The summed E-state index contributed by atoms with van der Waals surface area (Å²) in [5.41, 5.74) is 12.7. The monoisotopic (exact) mass is 420 g/mol. The number of nitrogens with one attached hydrogen (secondary N) is 1. The van der Waals surface area contributed by atoms with Gasteiger partial charge in [-0.3, -0.25) is 4.79 Å². The van der Waals surface area contributed by atoms with E-state index in [0.29, 0.717) is 23.8 Å². The lowest BCUT2D eigenvalue weighted by Crippen LogP contribution is -2.22. The first-order chi connectivity index (χ1) is 14.9. The fourth-order valence-electron chi connectivity index (χ4n) is 2.95. The number of rotatable bonds is 8. The van der Waals surface area contributed by atoms with Gasteiger partial charge >= 0.3 is 6.03 Å². The van der Waals surface area contributed by atoms with Crippen molar-refractivity contribution < 1.29 is 19.1 Å². The van der Waals surface area contributed by atoms with Crippen LogP contribution in [0.25, 0.3) is 16.8 Å². The Balaban J connectivity index is 2.02. The van der Waals surface area contributed by atoms with Crippen LogP contribution >= 0.6 is 0 Å². The Kier molecular flexibility index (Phi) is 6.37. The minimum Gasteiger partial charge on any atom is -0.493 e. The highest BCUT2D eigenvalue weighted by atomic mass is 16.5. The van der Waals surface area contributed by atoms with Gasteiger partial charge in [0, 0.05) is 11.6 Å². The molecule has 0 spiro atoms. The third kappa shape index (κ3) is 4.91. The van der Waals surface area contributed by atoms with E-state index in [-0.39, 0.29) is 18.0 Å². The Morgan fingerprint density at radius 1 is 1.19 bits per heavy atom. The molecular formula is C21H20N6O4. The lowest BCUT2D eigenvalue weighted by atomic mass is 10.0. The van der Waals surface area contributed by atoms with Gasteiger partial charge in [-0.25, -0.2) is 9.48 Å². The largest absolute Gasteiger partial charge is 0.493 e. The lowest BCUT2D eigenvalue weighted by molar-refractivity contribution is 0.0996. The van der Waals surface area contributed by atoms with E-state index in [9.17, 15) is 9.59 Å². The first-order valence-electron chi connectivity index (χ1n) is 9.26. The number of anilines is 1. The number of carbonyl (C=O) groups is 2. The second kappa shape index (κ2) is 9.32. The molecule has 0 saturated heterocycles. The number of amides is 3. The first-order valence-corrected chi connectivity index (χ1v) is 9.26. The topological polar surface area (TPSA) is 158 Å². The molecule has 0 atom stereocenters. The number of primary amides is 2. The SMILES string of the molecule is CCOc1cc(-n2cc(NC(N)=O)c(C(N)=O)n2)ccc1-c1cccc(OCC#N)c1. The molecule has 2 aromatic carbocycles. The van der Waals surface area contributed by atoms with Crippen LogP contribution in [0.1, 0.15) is 17.4 Å². The molecule has 0 aliphatic rings. The summed E-state index contributed by atoms with van der Waals surface area (Å²) in [6, 6.07) is 13.7. The zero-order chi connectivity index (χ0) is 22.4. The highest BCUT2D eigenvalue weighted by Crippen LogP contribution is 2.34. The summed E-state index contributed by atoms with van der Waals surface area (Å²) in [5, 5.41) is 15.2. The van der Waals surface area contributed by atoms with Crippen molar-refractivity contribution in [2.75, 3.05) is 18.5 Å². The second-order valence-corrected chi connectivity index (χ2v) is 6.28. The minimum absolute atomic E-state index is 0.0517. The normalized spacial score (nSPS) is 10.2. The quantitative estimate of drug-likeness (QED) is 0.507. The number of carbonyl (C=O) groups excluding carboxylic acids is 2. The molecule has 3 aromatic rings. The van der Waals surface area contributed by atoms with Crippen LogP contribution in [-0.4, -0.2) is 34.9 Å². The van der Waals surface area contributed by atoms with Gasteiger partial charge in [-0.2, -0.15) is 10.4 Å². The van der Waals surface area contributed by atoms with Crippen LogP contribution in [-0.2, 0) is 0 Å². The number of benzene rings is 2. The van der Waals surface area contributed by atoms with Gasteiger partial charge in [-0.05, 0) is 36.8 Å². The number of hydrogen-bond donors (Lipinski definition) is 3. The fourth-order valence-corrected chi connectivity index (χ4v) is 2.95. The van der Waals surface area contributed by atoms with Crippen LogP contribution in [0, 0.1) is 11.3 Å². The van der Waals surface area contributed by atoms with Gasteiger partial charge < -0.3 is 26.3 Å². The van der Waals surface area contributed by atoms with Gasteiger partial charge in [0.1, 0.15) is 17.6 Å². The second-order valence-electron chi connectivity index (χ2n) is 6.28. The van der Waals surface area contributed by atoms with Crippen molar-refractivity contribution in [3.05, 3.63) is 54.4 Å². The molecule has 31 heavy (non-hydrogen) atoms. The minimum atomic E-state index is -0.842. The van der Waals surface area contributed by atoms with Crippen LogP contribution in [0.5, 0.6) is 11.5 Å². The third-order valence-electron chi connectivity index (χ3n) is 4.18. The number of urea groups is 1. The Morgan fingerprint density at radius 3 is 2.68 bits per heavy atom. The smallest absolute Gasteiger partial charge is 0.316 e. The van der Waals surface area contributed by atoms with E-state index >= 15 is 0 Å². The molecule has 10 heteroatoms. The maximum Gasteiger partial charge on any atom is 0.316 e. The van der Waals surface area contributed by atoms with Crippen LogP contribution in [0.2, 0.25) is 0 Å². The molecule has 0 unspecified atom stereocenters. The molecule has 3 rings (SSSR count). The average Bonchev–Trinajstić information content (AvgIpc) is 3.16. The molecule has 0 radical (unpaired) electrons. The highest BCUT2D eigenvalue weighted by molar-refractivity contribution is 6.00. The summed E-state index contributed by atoms with van der Waals surface area (Å²) in [5.74, 6) is 0.322. The lowest BCUT2D eigenvalue weighted by Gasteiger charge is -2.13. The molecule has 10 nitrogen and oxygen atoms in total. The molecule has 1 heterocycles. The summed E-state index contributed by atoms with van der Waals surface area (Å²) < 4.78 is 12.6. The van der Waals surface area contributed by atoms with Gasteiger partial charge in [-0.1, -0.05) is 12.1 Å². The van der Waals surface area contributed by atoms with E-state index in [2.05, 4.69) is 10.4 Å². The van der Waals surface area contributed by atoms with Gasteiger partial charge in [0.2, 0.25) is 0 Å². The zero-order valence-corrected chi connectivity index (χ0v) is 16.7. The zero-order valence-electron chi connectivity index (χ0n) is 16.7. The standard InChI is InChI=1S/C21H20N6O4/c1-2-30-18-11-14(27-12-17(25-21(24)29)19(26-27)20(23)28)6-7-16(18)13-4-3-5-15(10-13)31-9-8-22/h3-7,10-12H,2,9H2,1H3,(H2,23,28)(H3,24,25,29). The van der Waals surface area contributed by atoms with E-state index in [1.165, 1.54) is 10.9 Å². The predicted octanol–water partition coefficient (Wildman–Crippen LogP) is 2.43. The van der Waals surface area contributed by atoms with Crippen LogP contribution in [0.3, 0.4) is 0 Å². The van der Waals surface area contributed by atoms with Crippen molar-refractivity contribution in [2.24, 2.45) is 11.5 Å². The number of nitrogens with zero attached hydrogens (tertiary/aromatic N) is 3. The van der Waals surface area contributed by atoms with Gasteiger partial charge in [-0.15, -0.1) is 0 Å². The molecule has 0 fully saturated rings. The van der Waals surface area contributed by atoms with Crippen LogP contribution < -0.4 is 26.3 Å². The first kappa shape index (κ1) is 21.2. The summed E-state index contributed by atoms with van der Waals surface area (Å²) >= 11 is 0. The molecular weight excluding hydrogens is 400 g/mol. The van der Waals surface area contributed by atoms with E-state index < -0.39 is 11.9 Å². The molecule has 3 amide bonds. The molecule has 0 saturated carbocycles. The Hall–Kier alpha value is -4.52. The highest BCUT2D eigenvalue weighted by Gasteiger charge is 2.17. The van der Waals surface area contributed by atoms with Crippen molar-refractivity contribution in [3.8, 4) is 34.4 Å². The predicted molar refractivity (Wildman–Crippen MR) is 113 cm³/mol. The molecule has 158 valence electrons. The Bertz CT molecular complexity index is 1160. The summed E-state index contributed by atoms with van der Waals surface area (Å²) in [6.45, 7) is 2.22. The maximum atomic E-state index is 11.7. The number of nitriles is 1. The maximum absolute atomic E-state index is 11.7. The van der Waals surface area contributed by atoms with E-state index in [0.717, 1.165) is 11.1 Å². The van der Waals surface area contributed by atoms with Gasteiger partial charge in [0.05, 0.1) is 24.2 Å². The fraction of sp³-hybridized carbons (Fsp3) is 0.143. The molecule has 0 aliphatic heterocycles. The molecule has 0 bridgehead atoms. The van der Waals surface area contributed by atoms with E-state index in [4.69, 9.17) is 26.2 Å². The summed E-state index contributed by atoms with van der Waals surface area (Å²) in [6.07, 6.45) is 1.44. The number of ether oxygens (including phenoxy) is 2. The van der Waals surface area contributed by atoms with Crippen LogP contribution in [0.4, 0.5) is 10.5 Å². The van der Waals surface area contributed by atoms with Crippen molar-refractivity contribution in [1.82, 2.24) is 9.78 Å². The van der Waals surface area contributed by atoms with Gasteiger partial charge in [0.25, 0.3) is 5.91 Å².